The highest BCUT2D eigenvalue weighted by Gasteiger charge is 2.02. The summed E-state index contributed by atoms with van der Waals surface area (Å²) < 4.78 is 4.86. The summed E-state index contributed by atoms with van der Waals surface area (Å²) in [5, 5.41) is 12.7. The molecule has 2 N–H and O–H groups in total. The molecule has 94 valence electrons. The standard InChI is InChI=1S/C14H21NO2/c1-12(13-6-4-3-5-7-13)10-15-9-8-14(16)11-17-2/h3-7,14-16H,1,8-11H2,2H3. The molecule has 3 heteroatoms. The number of nitrogens with one attached hydrogen (secondary N) is 1. The molecule has 0 spiro atoms. The first kappa shape index (κ1) is 13.9. The van der Waals surface area contributed by atoms with Crippen LogP contribution in [0.2, 0.25) is 0 Å². The smallest absolute Gasteiger partial charge is 0.0785 e. The van der Waals surface area contributed by atoms with Crippen molar-refractivity contribution in [2.45, 2.75) is 12.5 Å². The van der Waals surface area contributed by atoms with Crippen LogP contribution in [0.1, 0.15) is 12.0 Å². The molecular formula is C14H21NO2. The van der Waals surface area contributed by atoms with Gasteiger partial charge in [0.25, 0.3) is 0 Å². The third-order valence-electron chi connectivity index (χ3n) is 2.53. The van der Waals surface area contributed by atoms with E-state index in [4.69, 9.17) is 4.74 Å². The molecule has 0 aromatic heterocycles. The van der Waals surface area contributed by atoms with Gasteiger partial charge in [0.15, 0.2) is 0 Å². The normalized spacial score (nSPS) is 12.4. The lowest BCUT2D eigenvalue weighted by atomic mass is 10.1. The molecule has 3 nitrogen and oxygen atoms in total. The summed E-state index contributed by atoms with van der Waals surface area (Å²) in [4.78, 5) is 0. The number of ether oxygens (including phenoxy) is 1. The van der Waals surface area contributed by atoms with E-state index in [1.54, 1.807) is 7.11 Å². The first-order valence-corrected chi connectivity index (χ1v) is 5.85. The van der Waals surface area contributed by atoms with Gasteiger partial charge in [-0.15, -0.1) is 0 Å². The molecule has 17 heavy (non-hydrogen) atoms. The van der Waals surface area contributed by atoms with Crippen LogP contribution < -0.4 is 5.32 Å². The van der Waals surface area contributed by atoms with Crippen LogP contribution in [0.5, 0.6) is 0 Å². The van der Waals surface area contributed by atoms with Crippen molar-refractivity contribution in [1.82, 2.24) is 5.32 Å². The molecule has 1 unspecified atom stereocenters. The van der Waals surface area contributed by atoms with Gasteiger partial charge >= 0.3 is 0 Å². The Hall–Kier alpha value is -1.16. The third-order valence-corrected chi connectivity index (χ3v) is 2.53. The van der Waals surface area contributed by atoms with Crippen molar-refractivity contribution in [3.8, 4) is 0 Å². The average Bonchev–Trinajstić information content (AvgIpc) is 2.36. The molecule has 0 fully saturated rings. The second kappa shape index (κ2) is 8.01. The summed E-state index contributed by atoms with van der Waals surface area (Å²) in [5.74, 6) is 0. The molecule has 1 aromatic rings. The lowest BCUT2D eigenvalue weighted by Crippen LogP contribution is -2.24. The fourth-order valence-corrected chi connectivity index (χ4v) is 1.56. The number of hydrogen-bond donors (Lipinski definition) is 2. The van der Waals surface area contributed by atoms with Crippen molar-refractivity contribution in [2.75, 3.05) is 26.8 Å². The summed E-state index contributed by atoms with van der Waals surface area (Å²) in [5.41, 5.74) is 2.21. The van der Waals surface area contributed by atoms with Crippen molar-refractivity contribution in [2.24, 2.45) is 0 Å². The molecule has 0 saturated carbocycles. The highest BCUT2D eigenvalue weighted by atomic mass is 16.5. The maximum absolute atomic E-state index is 9.44. The zero-order valence-corrected chi connectivity index (χ0v) is 10.4. The zero-order valence-electron chi connectivity index (χ0n) is 10.4. The van der Waals surface area contributed by atoms with Crippen molar-refractivity contribution < 1.29 is 9.84 Å². The van der Waals surface area contributed by atoms with E-state index in [2.05, 4.69) is 11.9 Å². The Morgan fingerprint density at radius 3 is 2.76 bits per heavy atom. The van der Waals surface area contributed by atoms with E-state index in [1.165, 1.54) is 0 Å². The van der Waals surface area contributed by atoms with E-state index in [0.717, 1.165) is 24.2 Å². The number of aliphatic hydroxyl groups is 1. The van der Waals surface area contributed by atoms with Crippen LogP contribution in [0.25, 0.3) is 5.57 Å². The molecule has 1 rings (SSSR count). The van der Waals surface area contributed by atoms with Crippen molar-refractivity contribution in [1.29, 1.82) is 0 Å². The van der Waals surface area contributed by atoms with E-state index < -0.39 is 6.10 Å². The highest BCUT2D eigenvalue weighted by Crippen LogP contribution is 2.09. The van der Waals surface area contributed by atoms with Crippen LogP contribution in [0.15, 0.2) is 36.9 Å². The fraction of sp³-hybridized carbons (Fsp3) is 0.429. The maximum atomic E-state index is 9.44. The molecule has 0 bridgehead atoms. The lowest BCUT2D eigenvalue weighted by Gasteiger charge is -2.11. The Balaban J connectivity index is 2.17. The van der Waals surface area contributed by atoms with E-state index in [-0.39, 0.29) is 0 Å². The summed E-state index contributed by atoms with van der Waals surface area (Å²) in [7, 11) is 1.59. The first-order chi connectivity index (χ1) is 8.24. The molecule has 0 amide bonds. The van der Waals surface area contributed by atoms with Gasteiger partial charge in [-0.05, 0) is 24.1 Å². The molecule has 0 aliphatic rings. The molecule has 0 heterocycles. The monoisotopic (exact) mass is 235 g/mol. The van der Waals surface area contributed by atoms with E-state index >= 15 is 0 Å². The number of hydrogen-bond acceptors (Lipinski definition) is 3. The second-order valence-electron chi connectivity index (χ2n) is 4.04. The topological polar surface area (TPSA) is 41.5 Å². The molecule has 0 saturated heterocycles. The number of methoxy groups -OCH3 is 1. The van der Waals surface area contributed by atoms with Gasteiger partial charge in [-0.3, -0.25) is 0 Å². The Labute approximate surface area is 103 Å². The maximum Gasteiger partial charge on any atom is 0.0785 e. The minimum absolute atomic E-state index is 0.390. The lowest BCUT2D eigenvalue weighted by molar-refractivity contribution is 0.0596. The summed E-state index contributed by atoms with van der Waals surface area (Å²) in [6.07, 6.45) is 0.299. The highest BCUT2D eigenvalue weighted by molar-refractivity contribution is 5.64. The van der Waals surface area contributed by atoms with Crippen LogP contribution in [0.3, 0.4) is 0 Å². The van der Waals surface area contributed by atoms with Gasteiger partial charge in [0.2, 0.25) is 0 Å². The largest absolute Gasteiger partial charge is 0.391 e. The zero-order chi connectivity index (χ0) is 12.5. The molecule has 1 aromatic carbocycles. The van der Waals surface area contributed by atoms with Gasteiger partial charge < -0.3 is 15.2 Å². The summed E-state index contributed by atoms with van der Waals surface area (Å²) in [6, 6.07) is 10.1. The Kier molecular flexibility index (Phi) is 6.55. The van der Waals surface area contributed by atoms with Gasteiger partial charge in [0, 0.05) is 13.7 Å². The predicted octanol–water partition coefficient (Wildman–Crippen LogP) is 1.69. The Morgan fingerprint density at radius 1 is 1.41 bits per heavy atom. The van der Waals surface area contributed by atoms with Gasteiger partial charge in [0.05, 0.1) is 12.7 Å². The van der Waals surface area contributed by atoms with Crippen LogP contribution in [0, 0.1) is 0 Å². The number of aliphatic hydroxyl groups excluding tert-OH is 1. The minimum atomic E-state index is -0.391. The molecule has 0 radical (unpaired) electrons. The Bertz CT molecular complexity index is 324. The number of benzene rings is 1. The molecular weight excluding hydrogens is 214 g/mol. The van der Waals surface area contributed by atoms with Gasteiger partial charge in [-0.25, -0.2) is 0 Å². The van der Waals surface area contributed by atoms with Crippen molar-refractivity contribution in [3.05, 3.63) is 42.5 Å². The summed E-state index contributed by atoms with van der Waals surface area (Å²) >= 11 is 0. The SMILES string of the molecule is C=C(CNCCC(O)COC)c1ccccc1. The summed E-state index contributed by atoms with van der Waals surface area (Å²) in [6.45, 7) is 5.92. The first-order valence-electron chi connectivity index (χ1n) is 5.85. The van der Waals surface area contributed by atoms with E-state index in [9.17, 15) is 5.11 Å². The third kappa shape index (κ3) is 5.63. The van der Waals surface area contributed by atoms with Gasteiger partial charge in [-0.1, -0.05) is 36.9 Å². The fourth-order valence-electron chi connectivity index (χ4n) is 1.56. The second-order valence-corrected chi connectivity index (χ2v) is 4.04. The molecule has 0 aliphatic carbocycles. The van der Waals surface area contributed by atoms with Crippen LogP contribution in [0.4, 0.5) is 0 Å². The van der Waals surface area contributed by atoms with Crippen LogP contribution in [-0.4, -0.2) is 38.0 Å². The average molecular weight is 235 g/mol. The minimum Gasteiger partial charge on any atom is -0.391 e. The van der Waals surface area contributed by atoms with Crippen LogP contribution >= 0.6 is 0 Å². The van der Waals surface area contributed by atoms with Crippen molar-refractivity contribution in [3.63, 3.8) is 0 Å². The van der Waals surface area contributed by atoms with Crippen molar-refractivity contribution >= 4 is 5.57 Å². The Morgan fingerprint density at radius 2 is 2.12 bits per heavy atom. The van der Waals surface area contributed by atoms with Gasteiger partial charge in [-0.2, -0.15) is 0 Å². The quantitative estimate of drug-likeness (QED) is 0.674. The van der Waals surface area contributed by atoms with Crippen LogP contribution in [-0.2, 0) is 4.74 Å². The number of rotatable bonds is 8. The van der Waals surface area contributed by atoms with E-state index in [1.807, 2.05) is 30.3 Å². The van der Waals surface area contributed by atoms with E-state index in [0.29, 0.717) is 13.0 Å². The van der Waals surface area contributed by atoms with Gasteiger partial charge in [0.1, 0.15) is 0 Å². The molecule has 0 aliphatic heterocycles. The molecule has 1 atom stereocenters. The predicted molar refractivity (Wildman–Crippen MR) is 70.8 cm³/mol.